The van der Waals surface area contributed by atoms with Crippen molar-refractivity contribution in [1.29, 1.82) is 0 Å². The Morgan fingerprint density at radius 2 is 2.18 bits per heavy atom. The van der Waals surface area contributed by atoms with E-state index < -0.39 is 5.91 Å². The number of amides is 1. The number of aliphatic hydroxyl groups excluding tert-OH is 1. The third kappa shape index (κ3) is 2.50. The molecule has 1 fully saturated rings. The molecule has 0 atom stereocenters. The molecular formula is C12H17N3O2. The van der Waals surface area contributed by atoms with Crippen molar-refractivity contribution < 1.29 is 9.90 Å². The van der Waals surface area contributed by atoms with Crippen LogP contribution in [0.25, 0.3) is 0 Å². The molecule has 1 amide bonds. The molecule has 0 unspecified atom stereocenters. The highest BCUT2D eigenvalue weighted by Gasteiger charge is 2.41. The summed E-state index contributed by atoms with van der Waals surface area (Å²) in [6.45, 7) is 0.839. The number of anilines is 2. The summed E-state index contributed by atoms with van der Waals surface area (Å²) in [7, 11) is 0. The fraction of sp³-hybridized carbons (Fsp3) is 0.417. The van der Waals surface area contributed by atoms with Gasteiger partial charge in [0.05, 0.1) is 18.0 Å². The molecule has 1 aliphatic rings. The van der Waals surface area contributed by atoms with Gasteiger partial charge in [0.2, 0.25) is 5.91 Å². The summed E-state index contributed by atoms with van der Waals surface area (Å²) in [5, 5.41) is 12.4. The van der Waals surface area contributed by atoms with Crippen LogP contribution in [-0.4, -0.2) is 24.2 Å². The number of benzene rings is 1. The maximum Gasteiger partial charge on any atom is 0.248 e. The van der Waals surface area contributed by atoms with Crippen LogP contribution in [0.4, 0.5) is 11.4 Å². The molecule has 5 heteroatoms. The molecule has 0 aromatic heterocycles. The van der Waals surface area contributed by atoms with Crippen LogP contribution in [0.3, 0.4) is 0 Å². The third-order valence-electron chi connectivity index (χ3n) is 3.28. The molecule has 2 rings (SSSR count). The van der Waals surface area contributed by atoms with Crippen molar-refractivity contribution in [3.63, 3.8) is 0 Å². The Kier molecular flexibility index (Phi) is 2.93. The lowest BCUT2D eigenvalue weighted by atomic mass is 10.1. The third-order valence-corrected chi connectivity index (χ3v) is 3.28. The zero-order chi connectivity index (χ0) is 12.5. The average molecular weight is 235 g/mol. The first-order valence-corrected chi connectivity index (χ1v) is 5.60. The molecule has 1 aromatic carbocycles. The molecule has 0 bridgehead atoms. The Labute approximate surface area is 99.8 Å². The predicted molar refractivity (Wildman–Crippen MR) is 66.6 cm³/mol. The number of carbonyl (C=O) groups is 1. The van der Waals surface area contributed by atoms with E-state index in [1.807, 2.05) is 0 Å². The second kappa shape index (κ2) is 4.25. The largest absolute Gasteiger partial charge is 0.397 e. The molecule has 1 saturated carbocycles. The van der Waals surface area contributed by atoms with Crippen molar-refractivity contribution in [2.75, 3.05) is 24.2 Å². The molecule has 92 valence electrons. The Bertz CT molecular complexity index is 441. The maximum absolute atomic E-state index is 11.0. The molecule has 1 aliphatic carbocycles. The molecule has 0 saturated heterocycles. The number of aliphatic hydroxyl groups is 1. The van der Waals surface area contributed by atoms with E-state index >= 15 is 0 Å². The van der Waals surface area contributed by atoms with Crippen molar-refractivity contribution in [3.05, 3.63) is 23.8 Å². The van der Waals surface area contributed by atoms with Crippen LogP contribution in [-0.2, 0) is 0 Å². The minimum Gasteiger partial charge on any atom is -0.397 e. The van der Waals surface area contributed by atoms with Gasteiger partial charge >= 0.3 is 0 Å². The monoisotopic (exact) mass is 235 g/mol. The highest BCUT2D eigenvalue weighted by molar-refractivity contribution is 5.94. The standard InChI is InChI=1S/C12H17N3O2/c13-9-2-1-8(11(14)17)5-10(9)15-6-12(7-16)3-4-12/h1-2,5,15-16H,3-4,6-7,13H2,(H2,14,17). The fourth-order valence-electron chi connectivity index (χ4n) is 1.71. The van der Waals surface area contributed by atoms with Gasteiger partial charge in [-0.1, -0.05) is 0 Å². The minimum atomic E-state index is -0.476. The SMILES string of the molecule is NC(=O)c1ccc(N)c(NCC2(CO)CC2)c1. The molecule has 17 heavy (non-hydrogen) atoms. The zero-order valence-electron chi connectivity index (χ0n) is 9.57. The summed E-state index contributed by atoms with van der Waals surface area (Å²) in [5.74, 6) is -0.476. The number of hydrogen-bond acceptors (Lipinski definition) is 4. The van der Waals surface area contributed by atoms with E-state index in [0.29, 0.717) is 23.5 Å². The molecule has 6 N–H and O–H groups in total. The van der Waals surface area contributed by atoms with Gasteiger partial charge in [0, 0.05) is 17.5 Å². The number of nitrogens with one attached hydrogen (secondary N) is 1. The Balaban J connectivity index is 2.09. The topological polar surface area (TPSA) is 101 Å². The lowest BCUT2D eigenvalue weighted by Crippen LogP contribution is -2.20. The van der Waals surface area contributed by atoms with Gasteiger partial charge in [-0.15, -0.1) is 0 Å². The Morgan fingerprint density at radius 1 is 1.47 bits per heavy atom. The second-order valence-corrected chi connectivity index (χ2v) is 4.68. The molecule has 0 spiro atoms. The summed E-state index contributed by atoms with van der Waals surface area (Å²) >= 11 is 0. The molecular weight excluding hydrogens is 218 g/mol. The van der Waals surface area contributed by atoms with E-state index in [4.69, 9.17) is 11.5 Å². The Morgan fingerprint density at radius 3 is 2.71 bits per heavy atom. The van der Waals surface area contributed by atoms with Gasteiger partial charge in [-0.05, 0) is 31.0 Å². The van der Waals surface area contributed by atoms with Gasteiger partial charge in [0.25, 0.3) is 0 Å². The quantitative estimate of drug-likeness (QED) is 0.560. The van der Waals surface area contributed by atoms with E-state index in [0.717, 1.165) is 12.8 Å². The van der Waals surface area contributed by atoms with Crippen LogP contribution in [0.5, 0.6) is 0 Å². The van der Waals surface area contributed by atoms with Gasteiger partial charge in [-0.3, -0.25) is 4.79 Å². The summed E-state index contributed by atoms with van der Waals surface area (Å²) < 4.78 is 0. The molecule has 0 aliphatic heterocycles. The molecule has 0 heterocycles. The van der Waals surface area contributed by atoms with Crippen LogP contribution in [0.1, 0.15) is 23.2 Å². The van der Waals surface area contributed by atoms with Crippen molar-refractivity contribution in [2.24, 2.45) is 11.1 Å². The first-order chi connectivity index (χ1) is 8.06. The summed E-state index contributed by atoms with van der Waals surface area (Å²) in [6.07, 6.45) is 2.04. The zero-order valence-corrected chi connectivity index (χ0v) is 9.57. The average Bonchev–Trinajstić information content (AvgIpc) is 3.08. The van der Waals surface area contributed by atoms with Gasteiger partial charge in [0.15, 0.2) is 0 Å². The van der Waals surface area contributed by atoms with Crippen molar-refractivity contribution >= 4 is 17.3 Å². The highest BCUT2D eigenvalue weighted by atomic mass is 16.3. The first-order valence-electron chi connectivity index (χ1n) is 5.60. The fourth-order valence-corrected chi connectivity index (χ4v) is 1.71. The van der Waals surface area contributed by atoms with Crippen molar-refractivity contribution in [2.45, 2.75) is 12.8 Å². The normalized spacial score (nSPS) is 16.5. The smallest absolute Gasteiger partial charge is 0.248 e. The molecule has 5 nitrogen and oxygen atoms in total. The van der Waals surface area contributed by atoms with E-state index in [1.54, 1.807) is 18.2 Å². The highest BCUT2D eigenvalue weighted by Crippen LogP contribution is 2.45. The molecule has 1 aromatic rings. The number of nitrogens with two attached hydrogens (primary N) is 2. The van der Waals surface area contributed by atoms with Crippen molar-refractivity contribution in [1.82, 2.24) is 0 Å². The van der Waals surface area contributed by atoms with Crippen molar-refractivity contribution in [3.8, 4) is 0 Å². The maximum atomic E-state index is 11.0. The number of rotatable bonds is 5. The summed E-state index contributed by atoms with van der Waals surface area (Å²) in [4.78, 5) is 11.0. The van der Waals surface area contributed by atoms with Crippen LogP contribution >= 0.6 is 0 Å². The predicted octanol–water partition coefficient (Wildman–Crippen LogP) is 0.552. The van der Waals surface area contributed by atoms with Gasteiger partial charge in [-0.25, -0.2) is 0 Å². The van der Waals surface area contributed by atoms with E-state index in [2.05, 4.69) is 5.32 Å². The van der Waals surface area contributed by atoms with Crippen LogP contribution in [0, 0.1) is 5.41 Å². The summed E-state index contributed by atoms with van der Waals surface area (Å²) in [6, 6.07) is 4.90. The molecule has 0 radical (unpaired) electrons. The van der Waals surface area contributed by atoms with E-state index in [-0.39, 0.29) is 12.0 Å². The van der Waals surface area contributed by atoms with Gasteiger partial charge < -0.3 is 21.9 Å². The van der Waals surface area contributed by atoms with Crippen LogP contribution < -0.4 is 16.8 Å². The van der Waals surface area contributed by atoms with E-state index in [1.165, 1.54) is 0 Å². The van der Waals surface area contributed by atoms with Crippen LogP contribution in [0.2, 0.25) is 0 Å². The first kappa shape index (κ1) is 11.7. The number of hydrogen-bond donors (Lipinski definition) is 4. The van der Waals surface area contributed by atoms with Gasteiger partial charge in [0.1, 0.15) is 0 Å². The minimum absolute atomic E-state index is 0.00479. The van der Waals surface area contributed by atoms with Gasteiger partial charge in [-0.2, -0.15) is 0 Å². The second-order valence-electron chi connectivity index (χ2n) is 4.68. The van der Waals surface area contributed by atoms with Crippen LogP contribution in [0.15, 0.2) is 18.2 Å². The number of nitrogen functional groups attached to an aromatic ring is 1. The number of primary amides is 1. The number of carbonyl (C=O) groups excluding carboxylic acids is 1. The summed E-state index contributed by atoms with van der Waals surface area (Å²) in [5.41, 5.74) is 12.7. The van der Waals surface area contributed by atoms with E-state index in [9.17, 15) is 9.90 Å². The lowest BCUT2D eigenvalue weighted by molar-refractivity contribution is 0.100. The Hall–Kier alpha value is -1.75. The lowest BCUT2D eigenvalue weighted by Gasteiger charge is -2.15.